The summed E-state index contributed by atoms with van der Waals surface area (Å²) in [5.74, 6) is 0.0254. The number of carbonyl (C=O) groups is 1. The average molecular weight is 261 g/mol. The molecule has 1 fully saturated rings. The number of anilines is 1. The highest BCUT2D eigenvalue weighted by atomic mass is 32.1. The molecule has 1 aliphatic rings. The third-order valence-electron chi connectivity index (χ3n) is 3.45. The standard InChI is InChI=1S/C13H15N3OS/c1-7-5-6-15-12-9(7)10(14)11(18-12)13(17)16(2)8-3-4-8/h5-6,8H,3-4,14H2,1-2H3. The summed E-state index contributed by atoms with van der Waals surface area (Å²) in [5, 5.41) is 0.926. The van der Waals surface area contributed by atoms with Crippen molar-refractivity contribution < 1.29 is 4.79 Å². The van der Waals surface area contributed by atoms with Crippen LogP contribution in [0.5, 0.6) is 0 Å². The van der Waals surface area contributed by atoms with Crippen molar-refractivity contribution in [2.24, 2.45) is 0 Å². The number of hydrogen-bond donors (Lipinski definition) is 1. The van der Waals surface area contributed by atoms with E-state index in [1.165, 1.54) is 11.3 Å². The van der Waals surface area contributed by atoms with E-state index in [1.54, 1.807) is 11.1 Å². The van der Waals surface area contributed by atoms with Crippen LogP contribution in [-0.2, 0) is 0 Å². The van der Waals surface area contributed by atoms with E-state index in [0.717, 1.165) is 28.6 Å². The number of amides is 1. The first-order valence-corrected chi connectivity index (χ1v) is 6.82. The third kappa shape index (κ3) is 1.66. The van der Waals surface area contributed by atoms with E-state index in [-0.39, 0.29) is 5.91 Å². The summed E-state index contributed by atoms with van der Waals surface area (Å²) < 4.78 is 0. The number of pyridine rings is 1. The topological polar surface area (TPSA) is 59.2 Å². The van der Waals surface area contributed by atoms with Crippen molar-refractivity contribution in [3.8, 4) is 0 Å². The van der Waals surface area contributed by atoms with Crippen LogP contribution in [-0.4, -0.2) is 28.9 Å². The van der Waals surface area contributed by atoms with Crippen molar-refractivity contribution >= 4 is 33.1 Å². The molecule has 0 aliphatic heterocycles. The number of thiophene rings is 1. The maximum absolute atomic E-state index is 12.4. The monoisotopic (exact) mass is 261 g/mol. The lowest BCUT2D eigenvalue weighted by atomic mass is 10.1. The van der Waals surface area contributed by atoms with Crippen molar-refractivity contribution in [3.05, 3.63) is 22.7 Å². The van der Waals surface area contributed by atoms with Gasteiger partial charge in [0.05, 0.1) is 5.69 Å². The largest absolute Gasteiger partial charge is 0.397 e. The molecule has 2 aromatic rings. The van der Waals surface area contributed by atoms with Crippen molar-refractivity contribution in [2.45, 2.75) is 25.8 Å². The highest BCUT2D eigenvalue weighted by molar-refractivity contribution is 7.21. The highest BCUT2D eigenvalue weighted by Gasteiger charge is 2.32. The summed E-state index contributed by atoms with van der Waals surface area (Å²) in [4.78, 5) is 19.9. The van der Waals surface area contributed by atoms with Gasteiger partial charge >= 0.3 is 0 Å². The predicted molar refractivity (Wildman–Crippen MR) is 73.9 cm³/mol. The number of carbonyl (C=O) groups excluding carboxylic acids is 1. The van der Waals surface area contributed by atoms with E-state index in [4.69, 9.17) is 5.73 Å². The quantitative estimate of drug-likeness (QED) is 0.903. The summed E-state index contributed by atoms with van der Waals surface area (Å²) in [6.07, 6.45) is 3.96. The smallest absolute Gasteiger partial charge is 0.266 e. The van der Waals surface area contributed by atoms with Crippen LogP contribution in [0.2, 0.25) is 0 Å². The molecule has 18 heavy (non-hydrogen) atoms. The number of nitrogen functional groups attached to an aromatic ring is 1. The van der Waals surface area contributed by atoms with E-state index >= 15 is 0 Å². The zero-order chi connectivity index (χ0) is 12.9. The molecule has 2 aromatic heterocycles. The fraction of sp³-hybridized carbons (Fsp3) is 0.385. The van der Waals surface area contributed by atoms with Crippen molar-refractivity contribution in [1.82, 2.24) is 9.88 Å². The molecule has 0 saturated heterocycles. The van der Waals surface area contributed by atoms with Crippen LogP contribution in [0.1, 0.15) is 28.1 Å². The van der Waals surface area contributed by atoms with Crippen molar-refractivity contribution in [1.29, 1.82) is 0 Å². The maximum Gasteiger partial charge on any atom is 0.266 e. The first kappa shape index (κ1) is 11.5. The predicted octanol–water partition coefficient (Wildman–Crippen LogP) is 2.42. The molecule has 0 unspecified atom stereocenters. The molecule has 0 atom stereocenters. The SMILES string of the molecule is Cc1ccnc2sc(C(=O)N(C)C3CC3)c(N)c12. The van der Waals surface area contributed by atoms with E-state index in [0.29, 0.717) is 16.6 Å². The molecule has 0 radical (unpaired) electrons. The van der Waals surface area contributed by atoms with Crippen LogP contribution >= 0.6 is 11.3 Å². The van der Waals surface area contributed by atoms with Crippen molar-refractivity contribution in [3.63, 3.8) is 0 Å². The molecule has 1 saturated carbocycles. The minimum atomic E-state index is 0.0254. The molecule has 0 spiro atoms. The van der Waals surface area contributed by atoms with Gasteiger partial charge in [-0.25, -0.2) is 4.98 Å². The Morgan fingerprint density at radius 1 is 1.56 bits per heavy atom. The van der Waals surface area contributed by atoms with Crippen LogP contribution < -0.4 is 5.73 Å². The summed E-state index contributed by atoms with van der Waals surface area (Å²) in [6, 6.07) is 2.32. The summed E-state index contributed by atoms with van der Waals surface area (Å²) in [7, 11) is 1.85. The Bertz CT molecular complexity index is 630. The molecule has 94 valence electrons. The Hall–Kier alpha value is -1.62. The first-order chi connectivity index (χ1) is 8.59. The van der Waals surface area contributed by atoms with E-state index in [2.05, 4.69) is 4.98 Å². The number of aromatic nitrogens is 1. The minimum Gasteiger partial charge on any atom is -0.397 e. The average Bonchev–Trinajstić information content (AvgIpc) is 3.13. The van der Waals surface area contributed by atoms with Crippen LogP contribution in [0.3, 0.4) is 0 Å². The number of nitrogens with zero attached hydrogens (tertiary/aromatic N) is 2. The third-order valence-corrected chi connectivity index (χ3v) is 4.55. The zero-order valence-corrected chi connectivity index (χ0v) is 11.3. The van der Waals surface area contributed by atoms with Crippen LogP contribution in [0.4, 0.5) is 5.69 Å². The molecule has 0 aromatic carbocycles. The Balaban J connectivity index is 2.09. The number of rotatable bonds is 2. The summed E-state index contributed by atoms with van der Waals surface area (Å²) >= 11 is 1.39. The molecule has 5 heteroatoms. The minimum absolute atomic E-state index is 0.0254. The van der Waals surface area contributed by atoms with Gasteiger partial charge in [0.15, 0.2) is 0 Å². The molecular formula is C13H15N3OS. The molecule has 3 rings (SSSR count). The van der Waals surface area contributed by atoms with Gasteiger partial charge in [0.1, 0.15) is 9.71 Å². The molecule has 1 amide bonds. The zero-order valence-electron chi connectivity index (χ0n) is 10.4. The molecular weight excluding hydrogens is 246 g/mol. The van der Waals surface area contributed by atoms with Crippen molar-refractivity contribution in [2.75, 3.05) is 12.8 Å². The lowest BCUT2D eigenvalue weighted by molar-refractivity contribution is 0.0791. The van der Waals surface area contributed by atoms with Crippen LogP contribution in [0, 0.1) is 6.92 Å². The lowest BCUT2D eigenvalue weighted by Gasteiger charge is -2.15. The van der Waals surface area contributed by atoms with Gasteiger partial charge in [0.25, 0.3) is 5.91 Å². The molecule has 1 aliphatic carbocycles. The molecule has 0 bridgehead atoms. The Morgan fingerprint density at radius 3 is 2.89 bits per heavy atom. The first-order valence-electron chi connectivity index (χ1n) is 6.00. The fourth-order valence-electron chi connectivity index (χ4n) is 2.15. The fourth-order valence-corrected chi connectivity index (χ4v) is 3.27. The number of fused-ring (bicyclic) bond motifs is 1. The maximum atomic E-state index is 12.4. The van der Waals surface area contributed by atoms with Gasteiger partial charge in [-0.2, -0.15) is 0 Å². The van der Waals surface area contributed by atoms with E-state index < -0.39 is 0 Å². The van der Waals surface area contributed by atoms with Gasteiger partial charge in [-0.15, -0.1) is 11.3 Å². The second kappa shape index (κ2) is 3.95. The number of nitrogens with two attached hydrogens (primary N) is 1. The number of hydrogen-bond acceptors (Lipinski definition) is 4. The van der Waals surface area contributed by atoms with Crippen LogP contribution in [0.15, 0.2) is 12.3 Å². The van der Waals surface area contributed by atoms with Crippen LogP contribution in [0.25, 0.3) is 10.2 Å². The van der Waals surface area contributed by atoms with E-state index in [1.807, 2.05) is 20.0 Å². The van der Waals surface area contributed by atoms with Gasteiger partial charge < -0.3 is 10.6 Å². The van der Waals surface area contributed by atoms with Gasteiger partial charge in [0, 0.05) is 24.7 Å². The highest BCUT2D eigenvalue weighted by Crippen LogP contribution is 2.36. The Kier molecular flexibility index (Phi) is 2.52. The second-order valence-corrected chi connectivity index (χ2v) is 5.80. The van der Waals surface area contributed by atoms with Gasteiger partial charge in [-0.1, -0.05) is 0 Å². The van der Waals surface area contributed by atoms with Gasteiger partial charge in [-0.3, -0.25) is 4.79 Å². The molecule has 4 nitrogen and oxygen atoms in total. The summed E-state index contributed by atoms with van der Waals surface area (Å²) in [5.41, 5.74) is 7.77. The molecule has 2 N–H and O–H groups in total. The number of aryl methyl sites for hydroxylation is 1. The molecule has 2 heterocycles. The normalized spacial score (nSPS) is 15.0. The Labute approximate surface area is 109 Å². The van der Waals surface area contributed by atoms with E-state index in [9.17, 15) is 4.79 Å². The van der Waals surface area contributed by atoms with Gasteiger partial charge in [-0.05, 0) is 31.4 Å². The second-order valence-electron chi connectivity index (χ2n) is 4.80. The summed E-state index contributed by atoms with van der Waals surface area (Å²) in [6.45, 7) is 1.99. The van der Waals surface area contributed by atoms with Gasteiger partial charge in [0.2, 0.25) is 0 Å². The Morgan fingerprint density at radius 2 is 2.28 bits per heavy atom. The lowest BCUT2D eigenvalue weighted by Crippen LogP contribution is -2.28.